The highest BCUT2D eigenvalue weighted by molar-refractivity contribution is 6.32. The van der Waals surface area contributed by atoms with E-state index in [1.54, 1.807) is 6.20 Å². The van der Waals surface area contributed by atoms with Crippen LogP contribution < -0.4 is 10.6 Å². The van der Waals surface area contributed by atoms with E-state index in [1.165, 1.54) is 19.2 Å². The first-order valence-corrected chi connectivity index (χ1v) is 5.64. The summed E-state index contributed by atoms with van der Waals surface area (Å²) in [5.74, 6) is 1.40. The van der Waals surface area contributed by atoms with Crippen LogP contribution in [0.3, 0.4) is 0 Å². The van der Waals surface area contributed by atoms with E-state index in [2.05, 4.69) is 20.6 Å². The zero-order valence-electron chi connectivity index (χ0n) is 8.54. The van der Waals surface area contributed by atoms with Gasteiger partial charge in [0.05, 0.1) is 6.20 Å². The summed E-state index contributed by atoms with van der Waals surface area (Å²) in [6, 6.07) is 0. The highest BCUT2D eigenvalue weighted by Crippen LogP contribution is 2.17. The van der Waals surface area contributed by atoms with Crippen molar-refractivity contribution in [2.24, 2.45) is 5.92 Å². The molecular weight excluding hydrogens is 212 g/mol. The fourth-order valence-corrected chi connectivity index (χ4v) is 1.95. The molecule has 0 aliphatic carbocycles. The molecule has 2 heterocycles. The molecule has 1 aliphatic rings. The first-order chi connectivity index (χ1) is 7.36. The van der Waals surface area contributed by atoms with Crippen LogP contribution in [-0.2, 0) is 0 Å². The van der Waals surface area contributed by atoms with Gasteiger partial charge in [-0.25, -0.2) is 9.97 Å². The molecule has 82 valence electrons. The van der Waals surface area contributed by atoms with E-state index >= 15 is 0 Å². The summed E-state index contributed by atoms with van der Waals surface area (Å²) in [6.45, 7) is 3.14. The molecule has 2 rings (SSSR count). The van der Waals surface area contributed by atoms with Crippen molar-refractivity contribution >= 4 is 17.4 Å². The monoisotopic (exact) mass is 226 g/mol. The topological polar surface area (TPSA) is 49.8 Å². The molecule has 1 atom stereocenters. The SMILES string of the molecule is Clc1cncnc1NCC1CCCNC1. The zero-order valence-corrected chi connectivity index (χ0v) is 9.30. The molecule has 0 spiro atoms. The molecule has 15 heavy (non-hydrogen) atoms. The number of hydrogen-bond acceptors (Lipinski definition) is 4. The minimum atomic E-state index is 0.585. The van der Waals surface area contributed by atoms with Crippen LogP contribution in [0.4, 0.5) is 5.82 Å². The number of anilines is 1. The molecule has 4 nitrogen and oxygen atoms in total. The van der Waals surface area contributed by atoms with E-state index in [4.69, 9.17) is 11.6 Å². The second kappa shape index (κ2) is 5.28. The minimum Gasteiger partial charge on any atom is -0.368 e. The lowest BCUT2D eigenvalue weighted by Crippen LogP contribution is -2.33. The van der Waals surface area contributed by atoms with Gasteiger partial charge in [0.2, 0.25) is 0 Å². The first-order valence-electron chi connectivity index (χ1n) is 5.26. The molecule has 1 aromatic rings. The van der Waals surface area contributed by atoms with E-state index in [9.17, 15) is 0 Å². The summed E-state index contributed by atoms with van der Waals surface area (Å²) in [5.41, 5.74) is 0. The molecule has 1 unspecified atom stereocenters. The second-order valence-corrected chi connectivity index (χ2v) is 4.22. The van der Waals surface area contributed by atoms with Crippen molar-refractivity contribution in [3.63, 3.8) is 0 Å². The fourth-order valence-electron chi connectivity index (χ4n) is 1.78. The number of nitrogens with one attached hydrogen (secondary N) is 2. The molecule has 0 saturated carbocycles. The van der Waals surface area contributed by atoms with Gasteiger partial charge < -0.3 is 10.6 Å². The van der Waals surface area contributed by atoms with Crippen LogP contribution in [0.5, 0.6) is 0 Å². The lowest BCUT2D eigenvalue weighted by molar-refractivity contribution is 0.392. The quantitative estimate of drug-likeness (QED) is 0.821. The predicted molar refractivity (Wildman–Crippen MR) is 61.1 cm³/mol. The second-order valence-electron chi connectivity index (χ2n) is 3.81. The summed E-state index contributed by atoms with van der Waals surface area (Å²) in [4.78, 5) is 7.93. The molecule has 1 aromatic heterocycles. The summed E-state index contributed by atoms with van der Waals surface area (Å²) >= 11 is 5.94. The number of halogens is 1. The molecular formula is C10H15ClN4. The van der Waals surface area contributed by atoms with E-state index < -0.39 is 0 Å². The van der Waals surface area contributed by atoms with Gasteiger partial charge in [-0.1, -0.05) is 11.6 Å². The maximum Gasteiger partial charge on any atom is 0.148 e. The Labute approximate surface area is 94.5 Å². The van der Waals surface area contributed by atoms with Crippen LogP contribution in [-0.4, -0.2) is 29.6 Å². The average molecular weight is 227 g/mol. The van der Waals surface area contributed by atoms with Crippen molar-refractivity contribution in [1.82, 2.24) is 15.3 Å². The third-order valence-electron chi connectivity index (χ3n) is 2.62. The molecule has 0 amide bonds. The Morgan fingerprint density at radius 2 is 2.53 bits per heavy atom. The molecule has 0 radical (unpaired) electrons. The molecule has 0 aromatic carbocycles. The average Bonchev–Trinajstić information content (AvgIpc) is 2.29. The van der Waals surface area contributed by atoms with Gasteiger partial charge in [0.25, 0.3) is 0 Å². The standard InChI is InChI=1S/C10H15ClN4/c11-9-6-13-7-15-10(9)14-5-8-2-1-3-12-4-8/h6-8,12H,1-5H2,(H,13,14,15). The van der Waals surface area contributed by atoms with E-state index in [1.807, 2.05) is 0 Å². The summed E-state index contributed by atoms with van der Waals surface area (Å²) in [5, 5.41) is 7.22. The van der Waals surface area contributed by atoms with Crippen LogP contribution in [0, 0.1) is 5.92 Å². The third-order valence-corrected chi connectivity index (χ3v) is 2.90. The summed E-state index contributed by atoms with van der Waals surface area (Å²) < 4.78 is 0. The van der Waals surface area contributed by atoms with Gasteiger partial charge in [-0.05, 0) is 31.8 Å². The van der Waals surface area contributed by atoms with Crippen molar-refractivity contribution in [1.29, 1.82) is 0 Å². The lowest BCUT2D eigenvalue weighted by Gasteiger charge is -2.23. The Morgan fingerprint density at radius 1 is 1.60 bits per heavy atom. The largest absolute Gasteiger partial charge is 0.368 e. The number of hydrogen-bond donors (Lipinski definition) is 2. The lowest BCUT2D eigenvalue weighted by atomic mass is 10.00. The number of nitrogens with zero attached hydrogens (tertiary/aromatic N) is 2. The Bertz CT molecular complexity index is 312. The molecule has 1 saturated heterocycles. The van der Waals surface area contributed by atoms with Crippen molar-refractivity contribution in [2.75, 3.05) is 25.0 Å². The maximum atomic E-state index is 5.94. The summed E-state index contributed by atoms with van der Waals surface area (Å²) in [6.07, 6.45) is 5.63. The number of piperidine rings is 1. The molecule has 1 aliphatic heterocycles. The third kappa shape index (κ3) is 3.04. The van der Waals surface area contributed by atoms with Gasteiger partial charge in [-0.3, -0.25) is 0 Å². The van der Waals surface area contributed by atoms with Crippen molar-refractivity contribution in [2.45, 2.75) is 12.8 Å². The number of rotatable bonds is 3. The Balaban J connectivity index is 1.84. The smallest absolute Gasteiger partial charge is 0.148 e. The zero-order chi connectivity index (χ0) is 10.5. The normalized spacial score (nSPS) is 21.3. The predicted octanol–water partition coefficient (Wildman–Crippen LogP) is 1.54. The van der Waals surface area contributed by atoms with E-state index in [0.717, 1.165) is 25.5 Å². The van der Waals surface area contributed by atoms with E-state index in [0.29, 0.717) is 10.9 Å². The van der Waals surface area contributed by atoms with Gasteiger partial charge in [0, 0.05) is 6.54 Å². The molecule has 2 N–H and O–H groups in total. The van der Waals surface area contributed by atoms with Crippen molar-refractivity contribution in [3.8, 4) is 0 Å². The van der Waals surface area contributed by atoms with Crippen LogP contribution in [0.15, 0.2) is 12.5 Å². The van der Waals surface area contributed by atoms with Crippen LogP contribution >= 0.6 is 11.6 Å². The van der Waals surface area contributed by atoms with E-state index in [-0.39, 0.29) is 0 Å². The van der Waals surface area contributed by atoms with Crippen LogP contribution in [0.2, 0.25) is 5.02 Å². The molecule has 1 fully saturated rings. The Hall–Kier alpha value is -0.870. The van der Waals surface area contributed by atoms with Crippen molar-refractivity contribution < 1.29 is 0 Å². The molecule has 0 bridgehead atoms. The van der Waals surface area contributed by atoms with Gasteiger partial charge in [-0.2, -0.15) is 0 Å². The van der Waals surface area contributed by atoms with Crippen LogP contribution in [0.1, 0.15) is 12.8 Å². The highest BCUT2D eigenvalue weighted by Gasteiger charge is 2.13. The first kappa shape index (κ1) is 10.6. The van der Waals surface area contributed by atoms with Gasteiger partial charge in [0.1, 0.15) is 17.2 Å². The Kier molecular flexibility index (Phi) is 3.75. The van der Waals surface area contributed by atoms with Gasteiger partial charge in [-0.15, -0.1) is 0 Å². The summed E-state index contributed by atoms with van der Waals surface area (Å²) in [7, 11) is 0. The fraction of sp³-hybridized carbons (Fsp3) is 0.600. The highest BCUT2D eigenvalue weighted by atomic mass is 35.5. The minimum absolute atomic E-state index is 0.585. The van der Waals surface area contributed by atoms with Gasteiger partial charge in [0.15, 0.2) is 0 Å². The van der Waals surface area contributed by atoms with Crippen LogP contribution in [0.25, 0.3) is 0 Å². The van der Waals surface area contributed by atoms with Gasteiger partial charge >= 0.3 is 0 Å². The molecule has 5 heteroatoms. The Morgan fingerprint density at radius 3 is 3.27 bits per heavy atom. The number of aromatic nitrogens is 2. The van der Waals surface area contributed by atoms with Crippen molar-refractivity contribution in [3.05, 3.63) is 17.5 Å². The maximum absolute atomic E-state index is 5.94.